The van der Waals surface area contributed by atoms with Crippen LogP contribution in [0.3, 0.4) is 0 Å². The summed E-state index contributed by atoms with van der Waals surface area (Å²) in [6.45, 7) is 21.4. The molecule has 0 aliphatic heterocycles. The predicted octanol–water partition coefficient (Wildman–Crippen LogP) is 11.9. The van der Waals surface area contributed by atoms with E-state index in [1.807, 2.05) is 107 Å². The van der Waals surface area contributed by atoms with Gasteiger partial charge in [0, 0.05) is 28.1 Å². The van der Waals surface area contributed by atoms with E-state index in [2.05, 4.69) is 13.8 Å². The molecule has 6 bridgehead atoms. The van der Waals surface area contributed by atoms with Gasteiger partial charge in [0.15, 0.2) is 13.2 Å². The number of alkyl halides is 2. The summed E-state index contributed by atoms with van der Waals surface area (Å²) in [5.74, 6) is -1.89. The highest BCUT2D eigenvalue weighted by atomic mass is 127. The van der Waals surface area contributed by atoms with Crippen molar-refractivity contribution in [1.82, 2.24) is 0 Å². The molecular weight excluding hydrogens is 1160 g/mol. The van der Waals surface area contributed by atoms with Crippen LogP contribution in [-0.2, 0) is 42.9 Å². The summed E-state index contributed by atoms with van der Waals surface area (Å²) in [7, 11) is 0. The van der Waals surface area contributed by atoms with E-state index >= 15 is 0 Å². The molecule has 6 aliphatic rings. The minimum Gasteiger partial charge on any atom is -0.457 e. The molecule has 8 unspecified atom stereocenters. The van der Waals surface area contributed by atoms with Crippen molar-refractivity contribution in [3.63, 3.8) is 0 Å². The number of hydrogen-bond donors (Lipinski definition) is 4. The van der Waals surface area contributed by atoms with Crippen LogP contribution in [0.15, 0.2) is 0 Å². The lowest BCUT2D eigenvalue weighted by atomic mass is 9.30. The molecule has 0 saturated heterocycles. The lowest BCUT2D eigenvalue weighted by Crippen LogP contribution is -2.77. The van der Waals surface area contributed by atoms with E-state index in [1.54, 1.807) is 0 Å². The molecule has 15 heteroatoms. The SMILES string of the molecule is CCC(I)C(=O)OCC(=O)OC12CC3(C(O)(CC)CC)CC(C(O)(CC)CC)(C1)CC(C(O)(CC)CCOC(CC)(CC)C1(CCC(O)(CC)CC)CC4CCCC(OC(=O)COC(=O)C(I)CC)(C4)C1)(C2)C3. The maximum atomic E-state index is 14.1. The third-order valence-electron chi connectivity index (χ3n) is 21.1. The van der Waals surface area contributed by atoms with Crippen LogP contribution in [0, 0.1) is 27.6 Å². The van der Waals surface area contributed by atoms with Gasteiger partial charge in [-0.25, -0.2) is 9.59 Å². The van der Waals surface area contributed by atoms with E-state index in [1.165, 1.54) is 0 Å². The molecule has 0 aromatic rings. The number of carbonyl (C=O) groups excluding carboxylic acids is 4. The van der Waals surface area contributed by atoms with Crippen molar-refractivity contribution in [3.05, 3.63) is 0 Å². The van der Waals surface area contributed by atoms with Crippen molar-refractivity contribution >= 4 is 69.1 Å². The molecule has 422 valence electrons. The molecule has 73 heavy (non-hydrogen) atoms. The van der Waals surface area contributed by atoms with Crippen LogP contribution in [0.4, 0.5) is 0 Å². The molecule has 0 radical (unpaired) electrons. The Morgan fingerprint density at radius 1 is 0.548 bits per heavy atom. The van der Waals surface area contributed by atoms with Gasteiger partial charge in [-0.15, -0.1) is 0 Å². The average Bonchev–Trinajstić information content (AvgIpc) is 3.37. The molecular formula is C58H98I2O13. The molecule has 0 heterocycles. The minimum absolute atomic E-state index is 0.193. The predicted molar refractivity (Wildman–Crippen MR) is 299 cm³/mol. The number of hydrogen-bond acceptors (Lipinski definition) is 13. The van der Waals surface area contributed by atoms with Crippen LogP contribution in [0.5, 0.6) is 0 Å². The Morgan fingerprint density at radius 2 is 0.986 bits per heavy atom. The topological polar surface area (TPSA) is 195 Å². The Bertz CT molecular complexity index is 1860. The second-order valence-corrected chi connectivity index (χ2v) is 27.4. The van der Waals surface area contributed by atoms with Gasteiger partial charge in [-0.05, 0) is 160 Å². The van der Waals surface area contributed by atoms with E-state index in [-0.39, 0.29) is 22.9 Å². The zero-order valence-electron chi connectivity index (χ0n) is 47.0. The Labute approximate surface area is 466 Å². The average molecular weight is 1260 g/mol. The molecule has 6 fully saturated rings. The highest BCUT2D eigenvalue weighted by Gasteiger charge is 2.79. The third-order valence-corrected chi connectivity index (χ3v) is 23.9. The zero-order chi connectivity index (χ0) is 54.6. The van der Waals surface area contributed by atoms with E-state index in [9.17, 15) is 39.6 Å². The first kappa shape index (κ1) is 63.0. The fourth-order valence-electron chi connectivity index (χ4n) is 17.0. The molecule has 6 rings (SSSR count). The molecule has 0 spiro atoms. The standard InChI is InChI=1S/C58H98I2O13/c1-12-42(59)46(63)69-32-44(61)72-53-25-23-24-41(31-53)30-48(37-53,26-27-52(65,14-3)15-4)58(21-10,22-11)71-29-28-57(68,20-9)51-35-49(55(66,16-5)17-6)34-50(36-51,56(67,18-7)19-8)39-54(38-49,40-51)73-45(62)33-70-47(64)43(60)13-2/h41-43,65-68H,12-40H2,1-11H3. The third kappa shape index (κ3) is 12.0. The minimum atomic E-state index is -1.40. The molecule has 13 nitrogen and oxygen atoms in total. The number of esters is 4. The molecule has 0 amide bonds. The molecule has 0 aromatic carbocycles. The van der Waals surface area contributed by atoms with Crippen molar-refractivity contribution in [2.45, 2.75) is 290 Å². The second kappa shape index (κ2) is 24.2. The van der Waals surface area contributed by atoms with Gasteiger partial charge in [0.2, 0.25) is 0 Å². The van der Waals surface area contributed by atoms with E-state index < -0.39 is 102 Å². The van der Waals surface area contributed by atoms with Gasteiger partial charge in [0.1, 0.15) is 19.1 Å². The van der Waals surface area contributed by atoms with Crippen molar-refractivity contribution in [2.75, 3.05) is 19.8 Å². The maximum Gasteiger partial charge on any atom is 0.344 e. The zero-order valence-corrected chi connectivity index (χ0v) is 51.3. The van der Waals surface area contributed by atoms with E-state index in [0.717, 1.165) is 19.3 Å². The lowest BCUT2D eigenvalue weighted by molar-refractivity contribution is -0.346. The van der Waals surface area contributed by atoms with Gasteiger partial charge in [0.05, 0.1) is 34.6 Å². The number of rotatable bonds is 30. The Balaban J connectivity index is 1.58. The van der Waals surface area contributed by atoms with Crippen molar-refractivity contribution in [1.29, 1.82) is 0 Å². The Hall–Kier alpha value is -0.860. The highest BCUT2D eigenvalue weighted by molar-refractivity contribution is 14.1. The summed E-state index contributed by atoms with van der Waals surface area (Å²) in [5, 5.41) is 51.8. The monoisotopic (exact) mass is 1260 g/mol. The lowest BCUT2D eigenvalue weighted by Gasteiger charge is -2.77. The number of carbonyl (C=O) groups is 4. The molecule has 4 N–H and O–H groups in total. The van der Waals surface area contributed by atoms with Crippen LogP contribution < -0.4 is 0 Å². The number of aliphatic hydroxyl groups is 4. The van der Waals surface area contributed by atoms with E-state index in [0.29, 0.717) is 141 Å². The quantitative estimate of drug-likeness (QED) is 0.0230. The summed E-state index contributed by atoms with van der Waals surface area (Å²) in [4.78, 5) is 53.3. The molecule has 6 saturated carbocycles. The van der Waals surface area contributed by atoms with Crippen LogP contribution in [-0.4, -0.2) is 111 Å². The van der Waals surface area contributed by atoms with Crippen molar-refractivity contribution < 1.29 is 63.3 Å². The summed E-state index contributed by atoms with van der Waals surface area (Å²) in [6, 6.07) is 0. The van der Waals surface area contributed by atoms with Gasteiger partial charge in [0.25, 0.3) is 0 Å². The van der Waals surface area contributed by atoms with Crippen LogP contribution in [0.2, 0.25) is 0 Å². The smallest absolute Gasteiger partial charge is 0.344 e. The highest BCUT2D eigenvalue weighted by Crippen LogP contribution is 2.79. The van der Waals surface area contributed by atoms with Crippen molar-refractivity contribution in [3.8, 4) is 0 Å². The summed E-state index contributed by atoms with van der Waals surface area (Å²) in [5.41, 5.74) is -10.5. The molecule has 8 atom stereocenters. The van der Waals surface area contributed by atoms with Crippen LogP contribution >= 0.6 is 45.2 Å². The Kier molecular flexibility index (Phi) is 20.9. The van der Waals surface area contributed by atoms with Gasteiger partial charge in [-0.1, -0.05) is 128 Å². The number of fused-ring (bicyclic) bond motifs is 2. The first-order chi connectivity index (χ1) is 34.2. The first-order valence-electron chi connectivity index (χ1n) is 28.8. The van der Waals surface area contributed by atoms with Gasteiger partial charge >= 0.3 is 23.9 Å². The number of halogens is 2. The van der Waals surface area contributed by atoms with Gasteiger partial charge in [-0.3, -0.25) is 9.59 Å². The second-order valence-electron chi connectivity index (χ2n) is 24.4. The summed E-state index contributed by atoms with van der Waals surface area (Å²) < 4.78 is 31.0. The molecule has 6 aliphatic carbocycles. The molecule has 0 aromatic heterocycles. The van der Waals surface area contributed by atoms with E-state index in [4.69, 9.17) is 23.7 Å². The fraction of sp³-hybridized carbons (Fsp3) is 0.931. The first-order valence-corrected chi connectivity index (χ1v) is 31.3. The maximum absolute atomic E-state index is 14.1. The normalized spacial score (nSPS) is 31.8. The van der Waals surface area contributed by atoms with Crippen LogP contribution in [0.1, 0.15) is 243 Å². The summed E-state index contributed by atoms with van der Waals surface area (Å²) >= 11 is 4.05. The summed E-state index contributed by atoms with van der Waals surface area (Å²) in [6.07, 6.45) is 14.4. The fourth-order valence-corrected chi connectivity index (χ4v) is 17.4. The number of ether oxygens (including phenoxy) is 5. The Morgan fingerprint density at radius 3 is 1.40 bits per heavy atom. The largest absolute Gasteiger partial charge is 0.457 e. The van der Waals surface area contributed by atoms with Gasteiger partial charge in [-0.2, -0.15) is 0 Å². The van der Waals surface area contributed by atoms with Gasteiger partial charge < -0.3 is 44.1 Å². The van der Waals surface area contributed by atoms with Crippen LogP contribution in [0.25, 0.3) is 0 Å². The van der Waals surface area contributed by atoms with Crippen molar-refractivity contribution in [2.24, 2.45) is 27.6 Å².